The van der Waals surface area contributed by atoms with Crippen LogP contribution in [0.5, 0.6) is 0 Å². The highest BCUT2D eigenvalue weighted by Gasteiger charge is 2.22. The number of carbonyl (C=O) groups excluding carboxylic acids is 1. The second-order valence-corrected chi connectivity index (χ2v) is 6.61. The average molecular weight is 319 g/mol. The van der Waals surface area contributed by atoms with Crippen molar-refractivity contribution in [3.05, 3.63) is 23.6 Å². The van der Waals surface area contributed by atoms with Gasteiger partial charge in [0.2, 0.25) is 5.91 Å². The van der Waals surface area contributed by atoms with Crippen LogP contribution in [-0.4, -0.2) is 27.4 Å². The Labute approximate surface area is 134 Å². The quantitative estimate of drug-likeness (QED) is 0.890. The monoisotopic (exact) mass is 319 g/mol. The SMILES string of the molecule is O=C(Nc1cc(-c2cccs2)nn1CCO)C1CCCCC1. The van der Waals surface area contributed by atoms with Crippen LogP contribution in [0.4, 0.5) is 5.82 Å². The van der Waals surface area contributed by atoms with Crippen LogP contribution in [-0.2, 0) is 11.3 Å². The van der Waals surface area contributed by atoms with Gasteiger partial charge in [0.25, 0.3) is 0 Å². The Hall–Kier alpha value is -1.66. The molecule has 6 heteroatoms. The molecule has 118 valence electrons. The Balaban J connectivity index is 1.77. The molecule has 2 aromatic heterocycles. The molecular formula is C16H21N3O2S. The largest absolute Gasteiger partial charge is 0.394 e. The van der Waals surface area contributed by atoms with E-state index in [-0.39, 0.29) is 18.4 Å². The number of rotatable bonds is 5. The molecule has 2 heterocycles. The summed E-state index contributed by atoms with van der Waals surface area (Å²) < 4.78 is 1.68. The maximum Gasteiger partial charge on any atom is 0.228 e. The van der Waals surface area contributed by atoms with Crippen molar-refractivity contribution in [3.8, 4) is 10.6 Å². The lowest BCUT2D eigenvalue weighted by Gasteiger charge is -2.20. The summed E-state index contributed by atoms with van der Waals surface area (Å²) in [5, 5.41) is 18.7. The van der Waals surface area contributed by atoms with Gasteiger partial charge in [0.15, 0.2) is 0 Å². The molecular weight excluding hydrogens is 298 g/mol. The third-order valence-corrected chi connectivity index (χ3v) is 4.98. The Morgan fingerprint density at radius 1 is 1.41 bits per heavy atom. The first kappa shape index (κ1) is 15.2. The maximum atomic E-state index is 12.4. The Morgan fingerprint density at radius 2 is 2.23 bits per heavy atom. The smallest absolute Gasteiger partial charge is 0.228 e. The number of hydrogen-bond acceptors (Lipinski definition) is 4. The van der Waals surface area contributed by atoms with Crippen molar-refractivity contribution in [2.75, 3.05) is 11.9 Å². The molecule has 1 aliphatic carbocycles. The standard InChI is InChI=1S/C16H21N3O2S/c20-9-8-19-15(11-13(18-19)14-7-4-10-22-14)17-16(21)12-5-2-1-3-6-12/h4,7,10-12,20H,1-3,5-6,8-9H2,(H,17,21). The molecule has 0 bridgehead atoms. The Kier molecular flexibility index (Phi) is 4.90. The van der Waals surface area contributed by atoms with Gasteiger partial charge in [0.05, 0.1) is 18.0 Å². The molecule has 5 nitrogen and oxygen atoms in total. The van der Waals surface area contributed by atoms with Crippen LogP contribution in [0.25, 0.3) is 10.6 Å². The number of aromatic nitrogens is 2. The molecule has 3 rings (SSSR count). The minimum absolute atomic E-state index is 0.00212. The van der Waals surface area contributed by atoms with Gasteiger partial charge in [0, 0.05) is 12.0 Å². The predicted octanol–water partition coefficient (Wildman–Crippen LogP) is 3.12. The normalized spacial score (nSPS) is 15.9. The van der Waals surface area contributed by atoms with Crippen molar-refractivity contribution >= 4 is 23.1 Å². The van der Waals surface area contributed by atoms with E-state index in [0.717, 1.165) is 36.3 Å². The van der Waals surface area contributed by atoms with E-state index in [1.54, 1.807) is 16.0 Å². The van der Waals surface area contributed by atoms with Gasteiger partial charge < -0.3 is 10.4 Å². The molecule has 0 spiro atoms. The van der Waals surface area contributed by atoms with Gasteiger partial charge in [-0.2, -0.15) is 5.10 Å². The summed E-state index contributed by atoms with van der Waals surface area (Å²) in [6.45, 7) is 0.378. The van der Waals surface area contributed by atoms with Gasteiger partial charge in [0.1, 0.15) is 11.5 Å². The number of nitrogens with one attached hydrogen (secondary N) is 1. The average Bonchev–Trinajstić information content (AvgIpc) is 3.19. The fraction of sp³-hybridized carbons (Fsp3) is 0.500. The van der Waals surface area contributed by atoms with Crippen molar-refractivity contribution in [2.24, 2.45) is 5.92 Å². The van der Waals surface area contributed by atoms with Gasteiger partial charge in [-0.3, -0.25) is 4.79 Å². The summed E-state index contributed by atoms with van der Waals surface area (Å²) in [5.74, 6) is 0.862. The third-order valence-electron chi connectivity index (χ3n) is 4.09. The first-order chi connectivity index (χ1) is 10.8. The van der Waals surface area contributed by atoms with Crippen LogP contribution in [0.2, 0.25) is 0 Å². The summed E-state index contributed by atoms with van der Waals surface area (Å²) in [5.41, 5.74) is 0.836. The topological polar surface area (TPSA) is 67.2 Å². The molecule has 22 heavy (non-hydrogen) atoms. The predicted molar refractivity (Wildman–Crippen MR) is 87.8 cm³/mol. The van der Waals surface area contributed by atoms with E-state index < -0.39 is 0 Å². The number of anilines is 1. The van der Waals surface area contributed by atoms with Crippen molar-refractivity contribution in [1.29, 1.82) is 0 Å². The van der Waals surface area contributed by atoms with Crippen LogP contribution in [0.3, 0.4) is 0 Å². The zero-order chi connectivity index (χ0) is 15.4. The summed E-state index contributed by atoms with van der Waals surface area (Å²) in [7, 11) is 0. The third kappa shape index (κ3) is 3.39. The minimum Gasteiger partial charge on any atom is -0.394 e. The van der Waals surface area contributed by atoms with Gasteiger partial charge in [-0.05, 0) is 24.3 Å². The highest BCUT2D eigenvalue weighted by molar-refractivity contribution is 7.13. The molecule has 0 atom stereocenters. The fourth-order valence-corrected chi connectivity index (χ4v) is 3.60. The van der Waals surface area contributed by atoms with Crippen molar-refractivity contribution in [3.63, 3.8) is 0 Å². The lowest BCUT2D eigenvalue weighted by atomic mass is 9.89. The molecule has 1 fully saturated rings. The fourth-order valence-electron chi connectivity index (χ4n) is 2.92. The van der Waals surface area contributed by atoms with E-state index in [1.807, 2.05) is 23.6 Å². The molecule has 0 aliphatic heterocycles. The van der Waals surface area contributed by atoms with Gasteiger partial charge >= 0.3 is 0 Å². The van der Waals surface area contributed by atoms with E-state index in [2.05, 4.69) is 10.4 Å². The molecule has 1 aliphatic rings. The van der Waals surface area contributed by atoms with Gasteiger partial charge in [-0.1, -0.05) is 25.3 Å². The van der Waals surface area contributed by atoms with Crippen LogP contribution in [0.1, 0.15) is 32.1 Å². The lowest BCUT2D eigenvalue weighted by molar-refractivity contribution is -0.120. The summed E-state index contributed by atoms with van der Waals surface area (Å²) in [6, 6.07) is 5.87. The maximum absolute atomic E-state index is 12.4. The van der Waals surface area contributed by atoms with E-state index in [4.69, 9.17) is 0 Å². The van der Waals surface area contributed by atoms with Crippen molar-refractivity contribution < 1.29 is 9.90 Å². The zero-order valence-electron chi connectivity index (χ0n) is 12.5. The molecule has 2 N–H and O–H groups in total. The molecule has 0 unspecified atom stereocenters. The molecule has 1 saturated carbocycles. The Bertz CT molecular complexity index is 615. The second kappa shape index (κ2) is 7.07. The first-order valence-corrected chi connectivity index (χ1v) is 8.69. The molecule has 2 aromatic rings. The zero-order valence-corrected chi connectivity index (χ0v) is 13.3. The van der Waals surface area contributed by atoms with E-state index in [1.165, 1.54) is 6.42 Å². The summed E-state index contributed by atoms with van der Waals surface area (Å²) >= 11 is 1.61. The van der Waals surface area contributed by atoms with Crippen LogP contribution < -0.4 is 5.32 Å². The highest BCUT2D eigenvalue weighted by Crippen LogP contribution is 2.28. The van der Waals surface area contributed by atoms with Crippen LogP contribution in [0, 0.1) is 5.92 Å². The molecule has 0 aromatic carbocycles. The number of hydrogen-bond donors (Lipinski definition) is 2. The number of thiophene rings is 1. The van der Waals surface area contributed by atoms with Crippen LogP contribution >= 0.6 is 11.3 Å². The number of carbonyl (C=O) groups is 1. The summed E-state index contributed by atoms with van der Waals surface area (Å²) in [4.78, 5) is 13.5. The van der Waals surface area contributed by atoms with E-state index in [0.29, 0.717) is 12.4 Å². The molecule has 1 amide bonds. The number of nitrogens with zero attached hydrogens (tertiary/aromatic N) is 2. The van der Waals surface area contributed by atoms with Gasteiger partial charge in [-0.15, -0.1) is 11.3 Å². The number of amides is 1. The molecule has 0 radical (unpaired) electrons. The second-order valence-electron chi connectivity index (χ2n) is 5.66. The van der Waals surface area contributed by atoms with Crippen molar-refractivity contribution in [2.45, 2.75) is 38.6 Å². The van der Waals surface area contributed by atoms with E-state index >= 15 is 0 Å². The Morgan fingerprint density at radius 3 is 2.91 bits per heavy atom. The van der Waals surface area contributed by atoms with Crippen molar-refractivity contribution in [1.82, 2.24) is 9.78 Å². The highest BCUT2D eigenvalue weighted by atomic mass is 32.1. The number of aliphatic hydroxyl groups is 1. The van der Waals surface area contributed by atoms with Gasteiger partial charge in [-0.25, -0.2) is 4.68 Å². The minimum atomic E-state index is -0.00212. The molecule has 0 saturated heterocycles. The number of aliphatic hydroxyl groups excluding tert-OH is 1. The summed E-state index contributed by atoms with van der Waals surface area (Å²) in [6.07, 6.45) is 5.44. The van der Waals surface area contributed by atoms with Crippen LogP contribution in [0.15, 0.2) is 23.6 Å². The first-order valence-electron chi connectivity index (χ1n) is 7.81. The van der Waals surface area contributed by atoms with E-state index in [9.17, 15) is 9.90 Å². The lowest BCUT2D eigenvalue weighted by Crippen LogP contribution is -2.26.